The second-order valence-electron chi connectivity index (χ2n) is 6.90. The molecule has 33 heavy (non-hydrogen) atoms. The van der Waals surface area contributed by atoms with Crippen molar-refractivity contribution in [1.82, 2.24) is 0 Å². The highest BCUT2D eigenvalue weighted by atomic mass is 35.5. The Labute approximate surface area is 198 Å². The Morgan fingerprint density at radius 2 is 1.55 bits per heavy atom. The fraction of sp³-hybridized carbons (Fsp3) is 0.208. The predicted molar refractivity (Wildman–Crippen MR) is 130 cm³/mol. The van der Waals surface area contributed by atoms with E-state index in [0.29, 0.717) is 41.1 Å². The van der Waals surface area contributed by atoms with Crippen molar-refractivity contribution in [2.75, 3.05) is 29.4 Å². The zero-order valence-electron chi connectivity index (χ0n) is 18.3. The number of nitrogens with one attached hydrogen (secondary N) is 1. The quantitative estimate of drug-likeness (QED) is 0.435. The minimum absolute atomic E-state index is 0.0203. The van der Waals surface area contributed by atoms with Gasteiger partial charge in [-0.05, 0) is 74.5 Å². The highest BCUT2D eigenvalue weighted by molar-refractivity contribution is 7.92. The molecule has 0 saturated heterocycles. The largest absolute Gasteiger partial charge is 0.494 e. The Hall–Kier alpha value is -3.23. The lowest BCUT2D eigenvalue weighted by molar-refractivity contribution is -0.114. The number of rotatable bonds is 10. The van der Waals surface area contributed by atoms with Gasteiger partial charge < -0.3 is 14.8 Å². The normalized spacial score (nSPS) is 11.0. The van der Waals surface area contributed by atoms with E-state index in [1.165, 1.54) is 24.3 Å². The summed E-state index contributed by atoms with van der Waals surface area (Å²) in [6.45, 7) is 4.26. The molecule has 0 saturated carbocycles. The molecular formula is C24H25ClN2O5S. The summed E-state index contributed by atoms with van der Waals surface area (Å²) in [6.07, 6.45) is 0. The van der Waals surface area contributed by atoms with Crippen LogP contribution >= 0.6 is 11.6 Å². The minimum Gasteiger partial charge on any atom is -0.494 e. The molecule has 3 aromatic carbocycles. The number of sulfonamides is 1. The number of halogens is 1. The van der Waals surface area contributed by atoms with E-state index in [-0.39, 0.29) is 4.90 Å². The van der Waals surface area contributed by atoms with Crippen LogP contribution in [-0.4, -0.2) is 34.1 Å². The van der Waals surface area contributed by atoms with Crippen molar-refractivity contribution >= 4 is 38.9 Å². The number of carbonyl (C=O) groups excluding carboxylic acids is 1. The summed E-state index contributed by atoms with van der Waals surface area (Å²) < 4.78 is 38.8. The van der Waals surface area contributed by atoms with Gasteiger partial charge in [-0.1, -0.05) is 17.7 Å². The van der Waals surface area contributed by atoms with Crippen LogP contribution in [0.1, 0.15) is 13.8 Å². The van der Waals surface area contributed by atoms with Gasteiger partial charge in [0.1, 0.15) is 18.0 Å². The number of hydrogen-bond acceptors (Lipinski definition) is 5. The van der Waals surface area contributed by atoms with E-state index in [0.717, 1.165) is 4.31 Å². The van der Waals surface area contributed by atoms with E-state index in [4.69, 9.17) is 21.1 Å². The Kier molecular flexibility index (Phi) is 8.19. The van der Waals surface area contributed by atoms with Crippen LogP contribution in [0.2, 0.25) is 5.02 Å². The summed E-state index contributed by atoms with van der Waals surface area (Å²) in [5.41, 5.74) is 0.827. The molecule has 7 nitrogen and oxygen atoms in total. The standard InChI is InChI=1S/C24H25ClN2O5S/c1-3-31-21-12-10-20(11-13-21)27(33(29,30)23-14-8-18(25)9-15-23)17-24(28)26-19-6-5-7-22(16-19)32-4-2/h5-16H,3-4,17H2,1-2H3,(H,26,28). The lowest BCUT2D eigenvalue weighted by Gasteiger charge is -2.24. The number of benzene rings is 3. The summed E-state index contributed by atoms with van der Waals surface area (Å²) in [7, 11) is -4.05. The molecule has 0 aliphatic heterocycles. The number of nitrogens with zero attached hydrogens (tertiary/aromatic N) is 1. The maximum Gasteiger partial charge on any atom is 0.264 e. The van der Waals surface area contributed by atoms with Gasteiger partial charge in [-0.15, -0.1) is 0 Å². The van der Waals surface area contributed by atoms with Crippen LogP contribution in [0.25, 0.3) is 0 Å². The number of hydrogen-bond donors (Lipinski definition) is 1. The maximum atomic E-state index is 13.4. The summed E-state index contributed by atoms with van der Waals surface area (Å²) in [4.78, 5) is 12.9. The average molecular weight is 489 g/mol. The predicted octanol–water partition coefficient (Wildman–Crippen LogP) is 4.97. The molecule has 0 aliphatic rings. The first-order chi connectivity index (χ1) is 15.8. The highest BCUT2D eigenvalue weighted by Gasteiger charge is 2.27. The molecule has 0 unspecified atom stereocenters. The van der Waals surface area contributed by atoms with Gasteiger partial charge in [0, 0.05) is 16.8 Å². The van der Waals surface area contributed by atoms with Crippen LogP contribution < -0.4 is 19.1 Å². The molecular weight excluding hydrogens is 464 g/mol. The summed E-state index contributed by atoms with van der Waals surface area (Å²) in [6, 6.07) is 19.2. The van der Waals surface area contributed by atoms with Gasteiger partial charge in [-0.25, -0.2) is 8.42 Å². The van der Waals surface area contributed by atoms with Crippen molar-refractivity contribution in [2.45, 2.75) is 18.7 Å². The second-order valence-corrected chi connectivity index (χ2v) is 9.20. The lowest BCUT2D eigenvalue weighted by atomic mass is 10.3. The molecule has 0 spiro atoms. The third kappa shape index (κ3) is 6.40. The first kappa shape index (κ1) is 24.4. The Balaban J connectivity index is 1.90. The van der Waals surface area contributed by atoms with Gasteiger partial charge in [0.15, 0.2) is 0 Å². The maximum absolute atomic E-state index is 13.4. The summed E-state index contributed by atoms with van der Waals surface area (Å²) >= 11 is 5.92. The van der Waals surface area contributed by atoms with Gasteiger partial charge in [-0.3, -0.25) is 9.10 Å². The van der Waals surface area contributed by atoms with E-state index in [1.807, 2.05) is 13.8 Å². The Morgan fingerprint density at radius 1 is 0.909 bits per heavy atom. The smallest absolute Gasteiger partial charge is 0.264 e. The van der Waals surface area contributed by atoms with Crippen LogP contribution in [0.5, 0.6) is 11.5 Å². The SMILES string of the molecule is CCOc1ccc(N(CC(=O)Nc2cccc(OCC)c2)S(=O)(=O)c2ccc(Cl)cc2)cc1. The number of anilines is 2. The van der Waals surface area contributed by atoms with Gasteiger partial charge in [-0.2, -0.15) is 0 Å². The molecule has 3 aromatic rings. The van der Waals surface area contributed by atoms with E-state index in [9.17, 15) is 13.2 Å². The van der Waals surface area contributed by atoms with Crippen LogP contribution in [0, 0.1) is 0 Å². The summed E-state index contributed by atoms with van der Waals surface area (Å²) in [5.74, 6) is 0.699. The van der Waals surface area contributed by atoms with E-state index in [1.54, 1.807) is 48.5 Å². The average Bonchev–Trinajstić information content (AvgIpc) is 2.79. The van der Waals surface area contributed by atoms with Crippen molar-refractivity contribution in [3.8, 4) is 11.5 Å². The third-order valence-corrected chi connectivity index (χ3v) is 6.59. The minimum atomic E-state index is -4.05. The molecule has 3 rings (SSSR count). The van der Waals surface area contributed by atoms with Gasteiger partial charge >= 0.3 is 0 Å². The number of ether oxygens (including phenoxy) is 2. The number of carbonyl (C=O) groups is 1. The molecule has 0 radical (unpaired) electrons. The van der Waals surface area contributed by atoms with Crippen molar-refractivity contribution < 1.29 is 22.7 Å². The van der Waals surface area contributed by atoms with Crippen LogP contribution in [-0.2, 0) is 14.8 Å². The van der Waals surface area contributed by atoms with Crippen molar-refractivity contribution in [3.05, 3.63) is 77.8 Å². The van der Waals surface area contributed by atoms with Crippen molar-refractivity contribution in [2.24, 2.45) is 0 Å². The third-order valence-electron chi connectivity index (χ3n) is 4.55. The van der Waals surface area contributed by atoms with Crippen LogP contribution in [0.15, 0.2) is 77.7 Å². The fourth-order valence-corrected chi connectivity index (χ4v) is 4.63. The molecule has 0 bridgehead atoms. The van der Waals surface area contributed by atoms with E-state index >= 15 is 0 Å². The van der Waals surface area contributed by atoms with E-state index < -0.39 is 22.5 Å². The van der Waals surface area contributed by atoms with Crippen LogP contribution in [0.3, 0.4) is 0 Å². The summed E-state index contributed by atoms with van der Waals surface area (Å²) in [5, 5.41) is 3.15. The molecule has 1 N–H and O–H groups in total. The zero-order valence-corrected chi connectivity index (χ0v) is 19.9. The molecule has 0 aliphatic carbocycles. The zero-order chi connectivity index (χ0) is 23.8. The topological polar surface area (TPSA) is 84.9 Å². The first-order valence-electron chi connectivity index (χ1n) is 10.4. The first-order valence-corrected chi connectivity index (χ1v) is 12.2. The second kappa shape index (κ2) is 11.1. The molecule has 0 atom stereocenters. The van der Waals surface area contributed by atoms with Gasteiger partial charge in [0.25, 0.3) is 10.0 Å². The monoisotopic (exact) mass is 488 g/mol. The molecule has 9 heteroatoms. The molecule has 0 fully saturated rings. The van der Waals surface area contributed by atoms with Gasteiger partial charge in [0.2, 0.25) is 5.91 Å². The fourth-order valence-electron chi connectivity index (χ4n) is 3.09. The molecule has 1 amide bonds. The van der Waals surface area contributed by atoms with Crippen molar-refractivity contribution in [3.63, 3.8) is 0 Å². The Morgan fingerprint density at radius 3 is 2.18 bits per heavy atom. The highest BCUT2D eigenvalue weighted by Crippen LogP contribution is 2.27. The lowest BCUT2D eigenvalue weighted by Crippen LogP contribution is -2.38. The van der Waals surface area contributed by atoms with E-state index in [2.05, 4.69) is 5.32 Å². The molecule has 0 aromatic heterocycles. The number of amides is 1. The van der Waals surface area contributed by atoms with Crippen LogP contribution in [0.4, 0.5) is 11.4 Å². The van der Waals surface area contributed by atoms with Crippen molar-refractivity contribution in [1.29, 1.82) is 0 Å². The molecule has 174 valence electrons. The Bertz CT molecular complexity index is 1180. The molecule has 0 heterocycles. The van der Waals surface area contributed by atoms with Gasteiger partial charge in [0.05, 0.1) is 23.8 Å².